The highest BCUT2D eigenvalue weighted by molar-refractivity contribution is 6.36. The molecule has 0 spiro atoms. The van der Waals surface area contributed by atoms with Crippen LogP contribution in [0.15, 0.2) is 103 Å². The second-order valence-corrected chi connectivity index (χ2v) is 16.4. The zero-order valence-corrected chi connectivity index (χ0v) is 38.1. The van der Waals surface area contributed by atoms with Crippen molar-refractivity contribution < 1.29 is 49.8 Å². The lowest BCUT2D eigenvalue weighted by Crippen LogP contribution is -2.41. The second kappa shape index (κ2) is 18.4. The molecule has 4 radical (unpaired) electrons. The molecule has 68 heavy (non-hydrogen) atoms. The molecule has 0 unspecified atom stereocenters. The van der Waals surface area contributed by atoms with Gasteiger partial charge in [-0.25, -0.2) is 31.2 Å². The molecule has 0 saturated carbocycles. The van der Waals surface area contributed by atoms with Gasteiger partial charge in [0.1, 0.15) is 17.3 Å². The minimum absolute atomic E-state index is 0. The average molecular weight is 927 g/mol. The SMILES string of the molecule is CC.Cc1cc(C)c(C2=[N+]3[B]n4c(ccc4-c4c(C)cc(C)cc4C)C(c4c(F)c(F)c(-c5ccc6c7c(cccc57)C(=O)N(c5c(F)cccc5F)C6=O)c(F)c4F)=C3C=C2)c(C)c1.F.F.[B]. The molecule has 2 amide bonds. The number of hydrogen-bond acceptors (Lipinski definition) is 2. The summed E-state index contributed by atoms with van der Waals surface area (Å²) in [6, 6.07) is 20.7. The number of rotatable bonds is 5. The lowest BCUT2D eigenvalue weighted by Gasteiger charge is -2.28. The van der Waals surface area contributed by atoms with E-state index in [0.717, 1.165) is 74.8 Å². The molecule has 15 heteroatoms. The van der Waals surface area contributed by atoms with Gasteiger partial charge in [-0.05, 0) is 111 Å². The Morgan fingerprint density at radius 3 is 1.56 bits per heavy atom. The fourth-order valence-electron chi connectivity index (χ4n) is 9.94. The van der Waals surface area contributed by atoms with E-state index < -0.39 is 63.5 Å². The molecule has 0 saturated heterocycles. The van der Waals surface area contributed by atoms with Crippen molar-refractivity contribution in [2.24, 2.45) is 0 Å². The largest absolute Gasteiger partial charge is 0.700 e. The van der Waals surface area contributed by atoms with Crippen LogP contribution < -0.4 is 4.90 Å². The van der Waals surface area contributed by atoms with E-state index >= 15 is 17.6 Å². The molecule has 7 aromatic rings. The third-order valence-corrected chi connectivity index (χ3v) is 12.3. The molecule has 1 aromatic heterocycles. The maximum Gasteiger partial charge on any atom is 0.700 e. The van der Waals surface area contributed by atoms with Crippen LogP contribution in [-0.2, 0) is 0 Å². The van der Waals surface area contributed by atoms with Crippen LogP contribution >= 0.6 is 0 Å². The minimum atomic E-state index is -1.71. The summed E-state index contributed by atoms with van der Waals surface area (Å²) in [4.78, 5) is 28.0. The summed E-state index contributed by atoms with van der Waals surface area (Å²) in [6.07, 6.45) is 3.50. The van der Waals surface area contributed by atoms with Gasteiger partial charge in [-0.3, -0.25) is 23.5 Å². The molecular weight excluding hydrogens is 884 g/mol. The van der Waals surface area contributed by atoms with Crippen LogP contribution in [0.2, 0.25) is 0 Å². The smallest absolute Gasteiger partial charge is 0.318 e. The van der Waals surface area contributed by atoms with Gasteiger partial charge in [0.15, 0.2) is 34.7 Å². The molecule has 0 N–H and O–H groups in total. The van der Waals surface area contributed by atoms with E-state index in [-0.39, 0.29) is 62.2 Å². The normalized spacial score (nSPS) is 13.4. The Labute approximate surface area is 390 Å². The van der Waals surface area contributed by atoms with Crippen molar-refractivity contribution in [2.45, 2.75) is 55.4 Å². The van der Waals surface area contributed by atoms with E-state index in [1.807, 2.05) is 99.3 Å². The molecule has 3 aliphatic heterocycles. The molecule has 3 aliphatic rings. The molecule has 0 aliphatic carbocycles. The zero-order valence-electron chi connectivity index (χ0n) is 38.1. The quantitative estimate of drug-likeness (QED) is 0.0747. The van der Waals surface area contributed by atoms with Gasteiger partial charge >= 0.3 is 7.55 Å². The topological polar surface area (TPSA) is 45.3 Å². The predicted molar refractivity (Wildman–Crippen MR) is 254 cm³/mol. The number of imide groups is 1. The van der Waals surface area contributed by atoms with Crippen molar-refractivity contribution >= 4 is 55.5 Å². The number of carbonyl (C=O) groups is 2. The Morgan fingerprint density at radius 2 is 1.00 bits per heavy atom. The van der Waals surface area contributed by atoms with Crippen molar-refractivity contribution in [3.05, 3.63) is 199 Å². The van der Waals surface area contributed by atoms with Gasteiger partial charge < -0.3 is 4.48 Å². The number of allylic oxidation sites excluding steroid dienone is 2. The summed E-state index contributed by atoms with van der Waals surface area (Å²) in [5, 5.41) is -0.188. The molecular formula is C53H42B2F8N3O2+. The Bertz CT molecular complexity index is 3290. The summed E-state index contributed by atoms with van der Waals surface area (Å²) >= 11 is 0. The third kappa shape index (κ3) is 7.30. The number of amides is 2. The first-order valence-corrected chi connectivity index (χ1v) is 21.2. The number of nitrogens with zero attached hydrogens (tertiary/aromatic N) is 3. The molecule has 5 nitrogen and oxygen atoms in total. The summed E-state index contributed by atoms with van der Waals surface area (Å²) in [6.45, 7) is 15.9. The van der Waals surface area contributed by atoms with Crippen molar-refractivity contribution in [3.8, 4) is 22.4 Å². The lowest BCUT2D eigenvalue weighted by atomic mass is 9.86. The van der Waals surface area contributed by atoms with Crippen molar-refractivity contribution in [1.82, 2.24) is 4.48 Å². The first-order valence-electron chi connectivity index (χ1n) is 21.2. The van der Waals surface area contributed by atoms with Crippen LogP contribution in [0.4, 0.5) is 41.4 Å². The molecule has 6 aromatic carbocycles. The third-order valence-electron chi connectivity index (χ3n) is 12.3. The highest BCUT2D eigenvalue weighted by Crippen LogP contribution is 2.46. The van der Waals surface area contributed by atoms with Crippen molar-refractivity contribution in [2.75, 3.05) is 4.90 Å². The number of hydrogen-bond donors (Lipinski definition) is 0. The molecule has 0 atom stereocenters. The van der Waals surface area contributed by atoms with Crippen LogP contribution in [0.1, 0.15) is 84.8 Å². The minimum Gasteiger partial charge on any atom is -0.318 e. The van der Waals surface area contributed by atoms with Crippen molar-refractivity contribution in [3.63, 3.8) is 0 Å². The summed E-state index contributed by atoms with van der Waals surface area (Å²) in [7, 11) is 1.83. The Kier molecular flexibility index (Phi) is 13.6. The number of para-hydroxylation sites is 1. The maximum atomic E-state index is 17.2. The van der Waals surface area contributed by atoms with Crippen LogP contribution in [0.3, 0.4) is 0 Å². The maximum absolute atomic E-state index is 17.2. The second-order valence-electron chi connectivity index (χ2n) is 16.4. The molecule has 4 heterocycles. The van der Waals surface area contributed by atoms with Crippen LogP contribution in [0, 0.1) is 76.4 Å². The van der Waals surface area contributed by atoms with E-state index in [1.165, 1.54) is 18.2 Å². The Hall–Kier alpha value is -7.28. The Balaban J connectivity index is 0.00000150. The fraction of sp³-hybridized carbons (Fsp3) is 0.151. The number of anilines is 1. The number of aromatic nitrogens is 1. The fourth-order valence-corrected chi connectivity index (χ4v) is 9.94. The summed E-state index contributed by atoms with van der Waals surface area (Å²) in [5.74, 6) is -11.3. The Morgan fingerprint density at radius 1 is 0.529 bits per heavy atom. The van der Waals surface area contributed by atoms with Gasteiger partial charge in [0.05, 0.1) is 16.7 Å². The number of carbonyl (C=O) groups excluding carboxylic acids is 2. The van der Waals surface area contributed by atoms with E-state index in [2.05, 4.69) is 0 Å². The molecule has 10 rings (SSSR count). The van der Waals surface area contributed by atoms with Crippen LogP contribution in [0.5, 0.6) is 0 Å². The van der Waals surface area contributed by atoms with Gasteiger partial charge in [0.25, 0.3) is 11.8 Å². The van der Waals surface area contributed by atoms with E-state index in [4.69, 9.17) is 0 Å². The van der Waals surface area contributed by atoms with E-state index in [9.17, 15) is 18.4 Å². The van der Waals surface area contributed by atoms with Crippen LogP contribution in [0.25, 0.3) is 38.7 Å². The highest BCUT2D eigenvalue weighted by atomic mass is 19.2. The molecule has 0 fully saturated rings. The first-order chi connectivity index (χ1) is 31.1. The zero-order chi connectivity index (χ0) is 46.5. The average Bonchev–Trinajstić information content (AvgIpc) is 3.87. The first kappa shape index (κ1) is 50.1. The van der Waals surface area contributed by atoms with E-state index in [0.29, 0.717) is 16.3 Å². The highest BCUT2D eigenvalue weighted by Gasteiger charge is 2.44. The van der Waals surface area contributed by atoms with Crippen LogP contribution in [-0.4, -0.2) is 42.5 Å². The molecule has 0 bridgehead atoms. The molecule has 342 valence electrons. The summed E-state index contributed by atoms with van der Waals surface area (Å²) in [5.41, 5.74) is 5.94. The number of benzene rings is 6. The number of aryl methyl sites for hydroxylation is 6. The standard InChI is InChI=1S/C51H34BF6N3O2.C2H6.B.2FH/c1-23-19-25(3)39(26(4)20-23)35-15-17-37-43(38-18-16-36(61(38)52-60(35)37)40-27(5)21-24(2)22-28(40)6)44-47(57)45(55)42(46(56)48(44)58)30-13-14-32-41-29(30)9-7-10-31(41)50(62)59(51(32)63)49-33(53)11-8-12-34(49)54;1-2;;;/h7-22H,1-6H3;1-2H3;;2*1H/q+1;;;;. The van der Waals surface area contributed by atoms with Gasteiger partial charge in [0.2, 0.25) is 0 Å². The number of halogens is 8. The number of fused-ring (bicyclic) bond motifs is 2. The van der Waals surface area contributed by atoms with Gasteiger partial charge in [-0.15, -0.1) is 0 Å². The predicted octanol–water partition coefficient (Wildman–Crippen LogP) is 12.6. The van der Waals surface area contributed by atoms with Crippen molar-refractivity contribution in [1.29, 1.82) is 0 Å². The van der Waals surface area contributed by atoms with Gasteiger partial charge in [-0.2, -0.15) is 0 Å². The van der Waals surface area contributed by atoms with E-state index in [1.54, 1.807) is 21.1 Å². The van der Waals surface area contributed by atoms with Gasteiger partial charge in [0, 0.05) is 59.6 Å². The lowest BCUT2D eigenvalue weighted by molar-refractivity contribution is -0.312. The monoisotopic (exact) mass is 926 g/mol. The van der Waals surface area contributed by atoms with Gasteiger partial charge in [-0.1, -0.05) is 73.5 Å². The summed E-state index contributed by atoms with van der Waals surface area (Å²) < 4.78 is 102.